The van der Waals surface area contributed by atoms with Crippen molar-refractivity contribution in [1.82, 2.24) is 4.98 Å². The van der Waals surface area contributed by atoms with Crippen molar-refractivity contribution in [3.05, 3.63) is 23.9 Å². The highest BCUT2D eigenvalue weighted by atomic mass is 32.2. The molecule has 0 atom stereocenters. The summed E-state index contributed by atoms with van der Waals surface area (Å²) in [7, 11) is -5.65. The smallest absolute Gasteiger partial charge is 0.355 e. The molecule has 0 spiro atoms. The van der Waals surface area contributed by atoms with E-state index in [2.05, 4.69) is 9.17 Å². The first kappa shape index (κ1) is 15.1. The molecule has 1 aliphatic rings. The lowest BCUT2D eigenvalue weighted by Crippen LogP contribution is -2.28. The van der Waals surface area contributed by atoms with E-state index in [-0.39, 0.29) is 0 Å². The third-order valence-corrected chi connectivity index (χ3v) is 4.27. The highest BCUT2D eigenvalue weighted by molar-refractivity contribution is 7.87. The molecule has 1 fully saturated rings. The van der Waals surface area contributed by atoms with Gasteiger partial charge in [-0.15, -0.1) is 0 Å². The number of nitrogens with zero attached hydrogens (tertiary/aromatic N) is 1. The molecule has 4 nitrogen and oxygen atoms in total. The van der Waals surface area contributed by atoms with Crippen LogP contribution in [0.5, 0.6) is 5.88 Å². The molecule has 0 aromatic carbocycles. The van der Waals surface area contributed by atoms with Crippen molar-refractivity contribution >= 4 is 10.1 Å². The van der Waals surface area contributed by atoms with Crippen LogP contribution in [-0.4, -0.2) is 18.9 Å². The second-order valence-electron chi connectivity index (χ2n) is 4.75. The van der Waals surface area contributed by atoms with Gasteiger partial charge in [0.25, 0.3) is 0 Å². The summed E-state index contributed by atoms with van der Waals surface area (Å²) in [6.07, 6.45) is 6.84. The predicted molar refractivity (Wildman–Crippen MR) is 65.7 cm³/mol. The molecule has 20 heavy (non-hydrogen) atoms. The third kappa shape index (κ3) is 3.41. The first-order valence-electron chi connectivity index (χ1n) is 6.26. The van der Waals surface area contributed by atoms with Crippen LogP contribution in [0.25, 0.3) is 0 Å². The van der Waals surface area contributed by atoms with Gasteiger partial charge in [0, 0.05) is 12.3 Å². The Morgan fingerprint density at radius 3 is 2.30 bits per heavy atom. The summed E-state index contributed by atoms with van der Waals surface area (Å²) in [6, 6.07) is 2.73. The van der Waals surface area contributed by atoms with Crippen LogP contribution in [0.1, 0.15) is 43.6 Å². The minimum absolute atomic E-state index is 0.338. The number of aromatic nitrogens is 1. The summed E-state index contributed by atoms with van der Waals surface area (Å²) >= 11 is 0. The topological polar surface area (TPSA) is 56.3 Å². The molecule has 0 amide bonds. The molecule has 1 aliphatic carbocycles. The molecular weight excluding hydrogens is 295 g/mol. The van der Waals surface area contributed by atoms with Crippen LogP contribution in [0.15, 0.2) is 18.3 Å². The molecule has 1 aromatic heterocycles. The molecule has 8 heteroatoms. The lowest BCUT2D eigenvalue weighted by atomic mass is 9.85. The van der Waals surface area contributed by atoms with Gasteiger partial charge in [-0.05, 0) is 24.3 Å². The second kappa shape index (κ2) is 5.59. The van der Waals surface area contributed by atoms with Crippen LogP contribution >= 0.6 is 0 Å². The summed E-state index contributed by atoms with van der Waals surface area (Å²) in [5, 5.41) is 0. The Kier molecular flexibility index (Phi) is 4.22. The van der Waals surface area contributed by atoms with Crippen LogP contribution in [0.2, 0.25) is 0 Å². The van der Waals surface area contributed by atoms with Crippen molar-refractivity contribution in [2.24, 2.45) is 0 Å². The van der Waals surface area contributed by atoms with E-state index in [0.29, 0.717) is 5.92 Å². The summed E-state index contributed by atoms with van der Waals surface area (Å²) in [6.45, 7) is 0. The van der Waals surface area contributed by atoms with E-state index in [1.54, 1.807) is 6.07 Å². The van der Waals surface area contributed by atoms with Gasteiger partial charge in [-0.3, -0.25) is 0 Å². The Bertz CT molecular complexity index is 548. The average Bonchev–Trinajstić information content (AvgIpc) is 2.39. The molecule has 0 unspecified atom stereocenters. The minimum Gasteiger partial charge on any atom is -0.355 e. The number of rotatable bonds is 3. The van der Waals surface area contributed by atoms with E-state index in [4.69, 9.17) is 0 Å². The van der Waals surface area contributed by atoms with Crippen molar-refractivity contribution in [3.63, 3.8) is 0 Å². The number of hydrogen-bond donors (Lipinski definition) is 0. The maximum Gasteiger partial charge on any atom is 0.534 e. The zero-order valence-corrected chi connectivity index (χ0v) is 11.4. The highest BCUT2D eigenvalue weighted by Gasteiger charge is 2.48. The number of halogens is 3. The Hall–Kier alpha value is -1.31. The molecule has 0 aliphatic heterocycles. The zero-order valence-electron chi connectivity index (χ0n) is 10.6. The molecule has 1 heterocycles. The quantitative estimate of drug-likeness (QED) is 0.634. The zero-order chi connectivity index (χ0) is 14.8. The minimum atomic E-state index is -5.65. The lowest BCUT2D eigenvalue weighted by Gasteiger charge is -2.21. The fraction of sp³-hybridized carbons (Fsp3) is 0.583. The van der Waals surface area contributed by atoms with Gasteiger partial charge in [0.1, 0.15) is 0 Å². The molecule has 1 aromatic rings. The summed E-state index contributed by atoms with van der Waals surface area (Å²) < 4.78 is 62.0. The number of pyridine rings is 1. The normalized spacial score (nSPS) is 17.9. The van der Waals surface area contributed by atoms with Crippen molar-refractivity contribution in [1.29, 1.82) is 0 Å². The van der Waals surface area contributed by atoms with Crippen LogP contribution < -0.4 is 4.18 Å². The van der Waals surface area contributed by atoms with Gasteiger partial charge in [-0.25, -0.2) is 4.98 Å². The van der Waals surface area contributed by atoms with Crippen molar-refractivity contribution in [2.75, 3.05) is 0 Å². The predicted octanol–water partition coefficient (Wildman–Crippen LogP) is 3.36. The van der Waals surface area contributed by atoms with Gasteiger partial charge in [-0.2, -0.15) is 21.6 Å². The molecule has 112 valence electrons. The number of alkyl halides is 3. The van der Waals surface area contributed by atoms with E-state index in [1.165, 1.54) is 12.6 Å². The van der Waals surface area contributed by atoms with E-state index in [0.717, 1.165) is 37.3 Å². The summed E-state index contributed by atoms with van der Waals surface area (Å²) in [5.41, 5.74) is -4.54. The fourth-order valence-corrected chi connectivity index (χ4v) is 2.70. The Morgan fingerprint density at radius 2 is 1.80 bits per heavy atom. The average molecular weight is 309 g/mol. The van der Waals surface area contributed by atoms with E-state index >= 15 is 0 Å². The SMILES string of the molecule is O=S(=O)(Oc1ccc(C2CCCCC2)cn1)C(F)(F)F. The van der Waals surface area contributed by atoms with Crippen molar-refractivity contribution in [2.45, 2.75) is 43.5 Å². The largest absolute Gasteiger partial charge is 0.534 e. The Labute approximate surface area is 115 Å². The number of hydrogen-bond acceptors (Lipinski definition) is 4. The first-order chi connectivity index (χ1) is 9.29. The van der Waals surface area contributed by atoms with Gasteiger partial charge in [0.2, 0.25) is 5.88 Å². The first-order valence-corrected chi connectivity index (χ1v) is 7.67. The lowest BCUT2D eigenvalue weighted by molar-refractivity contribution is -0.0501. The summed E-state index contributed by atoms with van der Waals surface area (Å²) in [5.74, 6) is -0.230. The van der Waals surface area contributed by atoms with Gasteiger partial charge in [-0.1, -0.05) is 25.3 Å². The maximum absolute atomic E-state index is 12.1. The maximum atomic E-state index is 12.1. The van der Waals surface area contributed by atoms with Crippen LogP contribution in [0.3, 0.4) is 0 Å². The monoisotopic (exact) mass is 309 g/mol. The van der Waals surface area contributed by atoms with Gasteiger partial charge < -0.3 is 4.18 Å². The highest BCUT2D eigenvalue weighted by Crippen LogP contribution is 2.33. The molecule has 0 bridgehead atoms. The third-order valence-electron chi connectivity index (χ3n) is 3.31. The van der Waals surface area contributed by atoms with Crippen LogP contribution in [-0.2, 0) is 10.1 Å². The molecule has 1 saturated carbocycles. The van der Waals surface area contributed by atoms with E-state index < -0.39 is 21.5 Å². The molecule has 0 radical (unpaired) electrons. The molecule has 0 N–H and O–H groups in total. The van der Waals surface area contributed by atoms with Crippen LogP contribution in [0, 0.1) is 0 Å². The summed E-state index contributed by atoms with van der Waals surface area (Å²) in [4.78, 5) is 3.65. The Balaban J connectivity index is 2.09. The van der Waals surface area contributed by atoms with E-state index in [9.17, 15) is 21.6 Å². The van der Waals surface area contributed by atoms with Crippen molar-refractivity contribution in [3.8, 4) is 5.88 Å². The van der Waals surface area contributed by atoms with Gasteiger partial charge in [0.05, 0.1) is 0 Å². The molecule has 0 saturated heterocycles. The fourth-order valence-electron chi connectivity index (χ4n) is 2.28. The molecule has 2 rings (SSSR count). The van der Waals surface area contributed by atoms with E-state index in [1.807, 2.05) is 0 Å². The van der Waals surface area contributed by atoms with Gasteiger partial charge >= 0.3 is 15.6 Å². The molecular formula is C12H14F3NO3S. The Morgan fingerprint density at radius 1 is 1.15 bits per heavy atom. The second-order valence-corrected chi connectivity index (χ2v) is 6.29. The standard InChI is InChI=1S/C12H14F3NO3S/c13-12(14,15)20(17,18)19-11-7-6-10(8-16-11)9-4-2-1-3-5-9/h6-9H,1-5H2. The van der Waals surface area contributed by atoms with Crippen LogP contribution in [0.4, 0.5) is 13.2 Å². The van der Waals surface area contributed by atoms with Crippen molar-refractivity contribution < 1.29 is 25.8 Å². The van der Waals surface area contributed by atoms with Gasteiger partial charge in [0.15, 0.2) is 0 Å².